The molecular weight excluding hydrogens is 560 g/mol. The molecule has 0 saturated heterocycles. The second-order valence-electron chi connectivity index (χ2n) is 4.98. The molecule has 0 aromatic heterocycles. The summed E-state index contributed by atoms with van der Waals surface area (Å²) in [6.45, 7) is 0. The molecule has 0 bridgehead atoms. The second-order valence-corrected chi connectivity index (χ2v) is 8.62. The molecule has 1 radical (unpaired) electrons. The Morgan fingerprint density at radius 1 is 0.680 bits per heavy atom. The quantitative estimate of drug-likeness (QED) is 0.265. The molecular formula is C18H15AuClO3PS-. The van der Waals surface area contributed by atoms with Gasteiger partial charge in [-0.25, -0.2) is 0 Å². The van der Waals surface area contributed by atoms with Crippen LogP contribution in [0.15, 0.2) is 89.8 Å². The summed E-state index contributed by atoms with van der Waals surface area (Å²) in [4.78, 5) is -0.0747. The van der Waals surface area contributed by atoms with Gasteiger partial charge in [-0.15, -0.1) is 0 Å². The van der Waals surface area contributed by atoms with Crippen molar-refractivity contribution in [2.24, 2.45) is 0 Å². The zero-order valence-electron chi connectivity index (χ0n) is 12.9. The third-order valence-corrected chi connectivity index (χ3v) is 6.68. The van der Waals surface area contributed by atoms with Gasteiger partial charge in [0, 0.05) is 22.4 Å². The van der Waals surface area contributed by atoms with Crippen LogP contribution in [0.25, 0.3) is 0 Å². The summed E-state index contributed by atoms with van der Waals surface area (Å²) in [5, 5.41) is 3.13. The molecule has 3 nitrogen and oxygen atoms in total. The first-order valence-corrected chi connectivity index (χ1v) is 9.82. The first-order chi connectivity index (χ1) is 11.1. The van der Waals surface area contributed by atoms with Crippen LogP contribution in [-0.4, -0.2) is 13.0 Å². The monoisotopic (exact) mass is 574 g/mol. The van der Waals surface area contributed by atoms with Crippen LogP contribution < -0.4 is 28.3 Å². The fourth-order valence-electron chi connectivity index (χ4n) is 2.38. The number of benzene rings is 3. The average Bonchev–Trinajstić information content (AvgIpc) is 2.57. The maximum atomic E-state index is 11.4. The van der Waals surface area contributed by atoms with Crippen LogP contribution >= 0.6 is 7.92 Å². The third-order valence-electron chi connectivity index (χ3n) is 3.40. The van der Waals surface area contributed by atoms with E-state index in [9.17, 15) is 13.0 Å². The zero-order chi connectivity index (χ0) is 16.3. The number of hydrogen-bond acceptors (Lipinski definition) is 2. The number of hydrogen-bond donors (Lipinski definition) is 1. The van der Waals surface area contributed by atoms with Gasteiger partial charge in [0.25, 0.3) is 10.1 Å². The van der Waals surface area contributed by atoms with Crippen LogP contribution in [0.2, 0.25) is 0 Å². The average molecular weight is 575 g/mol. The summed E-state index contributed by atoms with van der Waals surface area (Å²) >= 11 is 0. The summed E-state index contributed by atoms with van der Waals surface area (Å²) in [5.41, 5.74) is 0. The Labute approximate surface area is 170 Å². The molecule has 1 N–H and O–H groups in total. The fraction of sp³-hybridized carbons (Fsp3) is 0. The molecule has 0 aliphatic heterocycles. The molecule has 0 saturated carbocycles. The van der Waals surface area contributed by atoms with Crippen molar-refractivity contribution in [1.29, 1.82) is 0 Å². The second kappa shape index (κ2) is 9.65. The van der Waals surface area contributed by atoms with Crippen molar-refractivity contribution in [1.82, 2.24) is 0 Å². The predicted molar refractivity (Wildman–Crippen MR) is 95.0 cm³/mol. The van der Waals surface area contributed by atoms with E-state index in [0.717, 1.165) is 15.9 Å². The molecule has 25 heavy (non-hydrogen) atoms. The third kappa shape index (κ3) is 5.50. The van der Waals surface area contributed by atoms with Gasteiger partial charge in [-0.1, -0.05) is 72.8 Å². The van der Waals surface area contributed by atoms with Crippen LogP contribution in [0.1, 0.15) is 0 Å². The van der Waals surface area contributed by atoms with Gasteiger partial charge in [0.1, 0.15) is 0 Å². The van der Waals surface area contributed by atoms with Crippen LogP contribution in [0, 0.1) is 0 Å². The van der Waals surface area contributed by atoms with Gasteiger partial charge in [-0.05, 0) is 36.0 Å². The Kier molecular flexibility index (Phi) is 8.52. The molecule has 0 aliphatic rings. The van der Waals surface area contributed by atoms with Crippen LogP contribution in [0.3, 0.4) is 0 Å². The first kappa shape index (κ1) is 22.1. The van der Waals surface area contributed by atoms with Crippen molar-refractivity contribution in [2.75, 3.05) is 0 Å². The van der Waals surface area contributed by atoms with Crippen LogP contribution in [0.4, 0.5) is 0 Å². The molecule has 0 fully saturated rings. The van der Waals surface area contributed by atoms with Crippen molar-refractivity contribution in [3.63, 3.8) is 0 Å². The minimum absolute atomic E-state index is 0. The summed E-state index contributed by atoms with van der Waals surface area (Å²) in [7, 11) is -5.10. The van der Waals surface area contributed by atoms with Crippen molar-refractivity contribution >= 4 is 34.0 Å². The Morgan fingerprint density at radius 2 is 1.12 bits per heavy atom. The molecule has 0 atom stereocenters. The summed E-state index contributed by atoms with van der Waals surface area (Å²) in [6, 6.07) is 26.5. The van der Waals surface area contributed by atoms with E-state index < -0.39 is 18.0 Å². The maximum absolute atomic E-state index is 11.4. The van der Waals surface area contributed by atoms with E-state index in [2.05, 4.69) is 0 Å². The van der Waals surface area contributed by atoms with Gasteiger partial charge >= 0.3 is 0 Å². The molecule has 3 aromatic rings. The maximum Gasteiger partial charge on any atom is 0.294 e. The Bertz CT molecular complexity index is 866. The van der Waals surface area contributed by atoms with Crippen molar-refractivity contribution in [3.05, 3.63) is 84.9 Å². The van der Waals surface area contributed by atoms with E-state index in [0.29, 0.717) is 0 Å². The largest absolute Gasteiger partial charge is 1.00 e. The summed E-state index contributed by atoms with van der Waals surface area (Å²) < 4.78 is 32.2. The molecule has 7 heteroatoms. The smallest absolute Gasteiger partial charge is 0.294 e. The summed E-state index contributed by atoms with van der Waals surface area (Å²) in [5.74, 6) is 0. The minimum atomic E-state index is -4.21. The van der Waals surface area contributed by atoms with Gasteiger partial charge < -0.3 is 12.4 Å². The summed E-state index contributed by atoms with van der Waals surface area (Å²) in [6.07, 6.45) is 0. The molecule has 3 aromatic carbocycles. The van der Waals surface area contributed by atoms with Gasteiger partial charge in [0.05, 0.1) is 4.90 Å². The zero-order valence-corrected chi connectivity index (χ0v) is 17.5. The van der Waals surface area contributed by atoms with E-state index in [-0.39, 0.29) is 39.7 Å². The van der Waals surface area contributed by atoms with Crippen molar-refractivity contribution < 1.29 is 47.8 Å². The predicted octanol–water partition coefficient (Wildman–Crippen LogP) is -0.307. The van der Waals surface area contributed by atoms with Gasteiger partial charge in [-0.3, -0.25) is 4.55 Å². The number of rotatable bonds is 4. The van der Waals surface area contributed by atoms with Crippen LogP contribution in [0.5, 0.6) is 0 Å². The van der Waals surface area contributed by atoms with E-state index in [1.54, 1.807) is 12.1 Å². The Morgan fingerprint density at radius 3 is 1.56 bits per heavy atom. The van der Waals surface area contributed by atoms with Crippen LogP contribution in [-0.2, 0) is 32.5 Å². The van der Waals surface area contributed by atoms with E-state index in [4.69, 9.17) is 0 Å². The van der Waals surface area contributed by atoms with Gasteiger partial charge in [-0.2, -0.15) is 8.42 Å². The van der Waals surface area contributed by atoms with Crippen molar-refractivity contribution in [2.45, 2.75) is 4.90 Å². The molecule has 0 heterocycles. The first-order valence-electron chi connectivity index (χ1n) is 7.03. The molecule has 0 aliphatic carbocycles. The molecule has 0 spiro atoms. The van der Waals surface area contributed by atoms with E-state index in [1.165, 1.54) is 6.07 Å². The van der Waals surface area contributed by atoms with E-state index >= 15 is 0 Å². The number of halogens is 1. The molecule has 135 valence electrons. The van der Waals surface area contributed by atoms with Gasteiger partial charge in [0.15, 0.2) is 0 Å². The Balaban J connectivity index is 0.00000156. The molecule has 0 amide bonds. The standard InChI is InChI=1S/C18H15O3PS.Au.ClH/c19-23(20,21)18-13-7-12-17(14-18)22(15-8-3-1-4-9-15)16-10-5-2-6-11-16;;/h1-14H,(H,19,20,21);;1H/p-1. The minimum Gasteiger partial charge on any atom is -1.00 e. The topological polar surface area (TPSA) is 54.4 Å². The normalized spacial score (nSPS) is 10.6. The molecule has 3 rings (SSSR count). The Hall–Kier alpha value is -0.970. The van der Waals surface area contributed by atoms with E-state index in [1.807, 2.05) is 66.7 Å². The molecule has 0 unspecified atom stereocenters. The van der Waals surface area contributed by atoms with Crippen molar-refractivity contribution in [3.8, 4) is 0 Å². The SMILES string of the molecule is O=S(=O)(O)c1cccc(P(c2ccccc2)c2ccccc2)c1.[Au].[Cl-]. The van der Waals surface area contributed by atoms with Gasteiger partial charge in [0.2, 0.25) is 0 Å². The fourth-order valence-corrected chi connectivity index (χ4v) is 5.34.